The van der Waals surface area contributed by atoms with Gasteiger partial charge in [-0.1, -0.05) is 69.0 Å². The van der Waals surface area contributed by atoms with Gasteiger partial charge in [0.15, 0.2) is 5.78 Å². The van der Waals surface area contributed by atoms with Crippen molar-refractivity contribution >= 4 is 22.4 Å². The van der Waals surface area contributed by atoms with Crippen molar-refractivity contribution in [3.05, 3.63) is 99.7 Å². The maximum atomic E-state index is 14.3. The number of nitrogens with one attached hydrogen (secondary N) is 1. The molecule has 0 radical (unpaired) electrons. The van der Waals surface area contributed by atoms with Gasteiger partial charge < -0.3 is 14.6 Å². The summed E-state index contributed by atoms with van der Waals surface area (Å²) in [4.78, 5) is 25.1. The van der Waals surface area contributed by atoms with Crippen LogP contribution in [-0.2, 0) is 16.7 Å². The lowest BCUT2D eigenvalue weighted by atomic mass is 9.70. The molecule has 0 unspecified atom stereocenters. The van der Waals surface area contributed by atoms with E-state index < -0.39 is 5.41 Å². The zero-order valence-corrected chi connectivity index (χ0v) is 26.3. The van der Waals surface area contributed by atoms with Crippen LogP contribution >= 0.6 is 0 Å². The van der Waals surface area contributed by atoms with Gasteiger partial charge in [0.2, 0.25) is 0 Å². The van der Waals surface area contributed by atoms with Crippen LogP contribution in [0, 0.1) is 23.2 Å². The number of piperazine rings is 1. The highest BCUT2D eigenvalue weighted by Gasteiger charge is 2.41. The number of hydrogen-bond donors (Lipinski definition) is 1. The average molecular weight is 598 g/mol. The Labute approximate surface area is 265 Å². The molecule has 3 aromatic carbocycles. The largest absolute Gasteiger partial charge is 0.378 e. The van der Waals surface area contributed by atoms with Crippen molar-refractivity contribution in [2.24, 2.45) is 0 Å². The molecule has 1 N–H and O–H groups in total. The molecule has 0 bridgehead atoms. The SMILES string of the molecule is CCN(CC#Cc1cc2c(cc1N1CCN(C3COC3)CC1)C(C)(C)c1[nH]c3cc(C#N)ccc3c1C2=O)Cc1ccccc1. The Morgan fingerprint density at radius 3 is 2.51 bits per heavy atom. The zero-order valence-electron chi connectivity index (χ0n) is 26.3. The van der Waals surface area contributed by atoms with Gasteiger partial charge in [-0.25, -0.2) is 0 Å². The molecule has 228 valence electrons. The van der Waals surface area contributed by atoms with Crippen LogP contribution in [0.2, 0.25) is 0 Å². The van der Waals surface area contributed by atoms with Gasteiger partial charge in [0, 0.05) is 65.9 Å². The molecule has 4 aromatic rings. The van der Waals surface area contributed by atoms with Crippen LogP contribution in [0.5, 0.6) is 0 Å². The highest BCUT2D eigenvalue weighted by Crippen LogP contribution is 2.45. The topological polar surface area (TPSA) is 75.6 Å². The first-order valence-corrected chi connectivity index (χ1v) is 16.0. The summed E-state index contributed by atoms with van der Waals surface area (Å²) in [6.07, 6.45) is 0. The minimum absolute atomic E-state index is 0.0129. The van der Waals surface area contributed by atoms with Crippen LogP contribution < -0.4 is 4.90 Å². The summed E-state index contributed by atoms with van der Waals surface area (Å²) in [5.74, 6) is 7.01. The minimum Gasteiger partial charge on any atom is -0.378 e. The van der Waals surface area contributed by atoms with Gasteiger partial charge in [-0.05, 0) is 41.9 Å². The maximum absolute atomic E-state index is 14.3. The number of hydrogen-bond acceptors (Lipinski definition) is 6. The number of benzene rings is 3. The van der Waals surface area contributed by atoms with Gasteiger partial charge in [-0.3, -0.25) is 14.6 Å². The number of rotatable bonds is 6. The standard InChI is InChI=1S/C38H39N5O2/c1-4-41(23-26-9-6-5-7-10-26)14-8-11-28-20-31-32(21-34(28)43-17-15-42(16-18-43)29-24-45-25-29)38(2,3)37-35(36(31)44)30-13-12-27(22-39)19-33(30)40-37/h5-7,9-10,12-13,19-21,29,40H,4,14-18,23-25H2,1-3H3. The lowest BCUT2D eigenvalue weighted by Crippen LogP contribution is -2.56. The summed E-state index contributed by atoms with van der Waals surface area (Å²) in [5.41, 5.74) is 7.58. The number of ether oxygens (including phenoxy) is 1. The maximum Gasteiger partial charge on any atom is 0.195 e. The molecule has 0 amide bonds. The van der Waals surface area contributed by atoms with E-state index in [0.717, 1.165) is 85.9 Å². The molecular weight excluding hydrogens is 558 g/mol. The van der Waals surface area contributed by atoms with Crippen molar-refractivity contribution in [2.75, 3.05) is 57.4 Å². The van der Waals surface area contributed by atoms with Crippen LogP contribution in [0.25, 0.3) is 10.9 Å². The summed E-state index contributed by atoms with van der Waals surface area (Å²) in [5, 5.41) is 10.3. The van der Waals surface area contributed by atoms with E-state index in [0.29, 0.717) is 29.3 Å². The van der Waals surface area contributed by atoms with Crippen LogP contribution in [0.4, 0.5) is 5.69 Å². The molecule has 1 aromatic heterocycles. The Kier molecular flexibility index (Phi) is 7.71. The second-order valence-corrected chi connectivity index (χ2v) is 12.9. The molecule has 2 fully saturated rings. The Morgan fingerprint density at radius 1 is 1.04 bits per heavy atom. The number of aromatic nitrogens is 1. The molecule has 0 saturated carbocycles. The van der Waals surface area contributed by atoms with Crippen molar-refractivity contribution < 1.29 is 9.53 Å². The molecule has 0 atom stereocenters. The first-order chi connectivity index (χ1) is 21.9. The van der Waals surface area contributed by atoms with Crippen molar-refractivity contribution in [1.82, 2.24) is 14.8 Å². The van der Waals surface area contributed by atoms with Crippen LogP contribution in [0.15, 0.2) is 60.7 Å². The third-order valence-electron chi connectivity index (χ3n) is 9.85. The molecule has 0 spiro atoms. The van der Waals surface area contributed by atoms with Gasteiger partial charge in [-0.2, -0.15) is 5.26 Å². The highest BCUT2D eigenvalue weighted by atomic mass is 16.5. The normalized spacial score (nSPS) is 17.8. The number of carbonyl (C=O) groups is 1. The number of aromatic amines is 1. The quantitative estimate of drug-likeness (QED) is 0.304. The van der Waals surface area contributed by atoms with E-state index in [-0.39, 0.29) is 5.78 Å². The molecule has 7 nitrogen and oxygen atoms in total. The van der Waals surface area contributed by atoms with Crippen molar-refractivity contribution in [3.8, 4) is 17.9 Å². The monoisotopic (exact) mass is 597 g/mol. The summed E-state index contributed by atoms with van der Waals surface area (Å²) >= 11 is 0. The van der Waals surface area contributed by atoms with Crippen molar-refractivity contribution in [3.63, 3.8) is 0 Å². The summed E-state index contributed by atoms with van der Waals surface area (Å²) in [6, 6.07) is 23.1. The lowest BCUT2D eigenvalue weighted by molar-refractivity contribution is -0.0660. The number of carbonyl (C=O) groups excluding carboxylic acids is 1. The Balaban J connectivity index is 1.27. The van der Waals surface area contributed by atoms with Gasteiger partial charge >= 0.3 is 0 Å². The molecule has 3 heterocycles. The molecule has 2 aliphatic heterocycles. The lowest BCUT2D eigenvalue weighted by Gasteiger charge is -2.43. The Morgan fingerprint density at radius 2 is 1.82 bits per heavy atom. The second-order valence-electron chi connectivity index (χ2n) is 12.9. The second kappa shape index (κ2) is 11.8. The molecule has 7 rings (SSSR count). The smallest absolute Gasteiger partial charge is 0.195 e. The predicted octanol–water partition coefficient (Wildman–Crippen LogP) is 5.30. The van der Waals surface area contributed by atoms with E-state index in [1.54, 1.807) is 6.07 Å². The summed E-state index contributed by atoms with van der Waals surface area (Å²) in [7, 11) is 0. The number of nitrogens with zero attached hydrogens (tertiary/aromatic N) is 4. The number of ketones is 1. The third-order valence-corrected chi connectivity index (χ3v) is 9.85. The van der Waals surface area contributed by atoms with E-state index in [2.05, 4.69) is 88.7 Å². The molecule has 1 aliphatic carbocycles. The molecule has 3 aliphatic rings. The fourth-order valence-electron chi connectivity index (χ4n) is 7.03. The van der Waals surface area contributed by atoms with E-state index in [1.807, 2.05) is 24.3 Å². The van der Waals surface area contributed by atoms with Gasteiger partial charge in [0.05, 0.1) is 48.7 Å². The van der Waals surface area contributed by atoms with Crippen molar-refractivity contribution in [2.45, 2.75) is 38.8 Å². The highest BCUT2D eigenvalue weighted by molar-refractivity contribution is 6.20. The Bertz CT molecular complexity index is 1860. The first kappa shape index (κ1) is 29.3. The summed E-state index contributed by atoms with van der Waals surface area (Å²) in [6.45, 7) is 14.3. The van der Waals surface area contributed by atoms with E-state index in [9.17, 15) is 10.1 Å². The van der Waals surface area contributed by atoms with Crippen LogP contribution in [-0.4, -0.2) is 79.1 Å². The molecular formula is C38H39N5O2. The third kappa shape index (κ3) is 5.32. The van der Waals surface area contributed by atoms with Crippen LogP contribution in [0.3, 0.4) is 0 Å². The molecule has 7 heteroatoms. The van der Waals surface area contributed by atoms with Gasteiger partial charge in [0.25, 0.3) is 0 Å². The van der Waals surface area contributed by atoms with E-state index >= 15 is 0 Å². The fraction of sp³-hybridized carbons (Fsp3) is 0.368. The Hall–Kier alpha value is -4.40. The molecule has 2 saturated heterocycles. The number of H-pyrrole nitrogens is 1. The van der Waals surface area contributed by atoms with Crippen molar-refractivity contribution in [1.29, 1.82) is 5.26 Å². The van der Waals surface area contributed by atoms with E-state index in [4.69, 9.17) is 4.74 Å². The minimum atomic E-state index is -0.440. The number of nitriles is 1. The van der Waals surface area contributed by atoms with Gasteiger partial charge in [-0.15, -0.1) is 0 Å². The molecule has 45 heavy (non-hydrogen) atoms. The average Bonchev–Trinajstić information content (AvgIpc) is 3.43. The first-order valence-electron chi connectivity index (χ1n) is 16.0. The predicted molar refractivity (Wildman–Crippen MR) is 178 cm³/mol. The fourth-order valence-corrected chi connectivity index (χ4v) is 7.03. The number of anilines is 1. The van der Waals surface area contributed by atoms with Crippen LogP contribution in [0.1, 0.15) is 64.6 Å². The number of fused-ring (bicyclic) bond motifs is 4. The summed E-state index contributed by atoms with van der Waals surface area (Å²) < 4.78 is 5.46. The van der Waals surface area contributed by atoms with Gasteiger partial charge in [0.1, 0.15) is 0 Å². The zero-order chi connectivity index (χ0) is 31.1. The van der Waals surface area contributed by atoms with E-state index in [1.165, 1.54) is 5.56 Å².